The highest BCUT2D eigenvalue weighted by atomic mass is 127. The Labute approximate surface area is 172 Å². The summed E-state index contributed by atoms with van der Waals surface area (Å²) in [5.74, 6) is 1.27. The van der Waals surface area contributed by atoms with Crippen LogP contribution >= 0.6 is 24.0 Å². The largest absolute Gasteiger partial charge is 0.481 e. The van der Waals surface area contributed by atoms with Crippen LogP contribution in [0.1, 0.15) is 32.8 Å². The minimum atomic E-state index is -0.482. The standard InChI is InChI=1S/C17H29N5O3.HI/c1-17(2,3)25-16(23)21-9-6-8-20-15(18-4)22-12-13-7-10-19-14(11-13)24-5;/h7,10-11H,6,8-9,12H2,1-5H3,(H,21,23)(H2,18,20,22);1H. The maximum atomic E-state index is 11.5. The number of carbonyl (C=O) groups is 1. The van der Waals surface area contributed by atoms with Gasteiger partial charge in [0.2, 0.25) is 5.88 Å². The molecule has 1 rings (SSSR count). The quantitative estimate of drug-likeness (QED) is 0.240. The molecule has 0 saturated heterocycles. The summed E-state index contributed by atoms with van der Waals surface area (Å²) in [5, 5.41) is 9.12. The molecule has 148 valence electrons. The molecule has 0 saturated carbocycles. The van der Waals surface area contributed by atoms with Crippen LogP contribution in [0.3, 0.4) is 0 Å². The Morgan fingerprint density at radius 1 is 1.23 bits per heavy atom. The monoisotopic (exact) mass is 479 g/mol. The number of nitrogens with one attached hydrogen (secondary N) is 3. The molecular weight excluding hydrogens is 449 g/mol. The maximum absolute atomic E-state index is 11.5. The van der Waals surface area contributed by atoms with Crippen LogP contribution in [0.2, 0.25) is 0 Å². The Morgan fingerprint density at radius 3 is 2.54 bits per heavy atom. The smallest absolute Gasteiger partial charge is 0.407 e. The number of ether oxygens (including phenoxy) is 2. The predicted octanol–water partition coefficient (Wildman–Crippen LogP) is 2.29. The van der Waals surface area contributed by atoms with E-state index in [9.17, 15) is 4.79 Å². The molecule has 0 atom stereocenters. The van der Waals surface area contributed by atoms with Crippen molar-refractivity contribution < 1.29 is 14.3 Å². The fourth-order valence-electron chi connectivity index (χ4n) is 1.88. The molecule has 3 N–H and O–H groups in total. The van der Waals surface area contributed by atoms with Crippen molar-refractivity contribution in [3.8, 4) is 5.88 Å². The maximum Gasteiger partial charge on any atom is 0.407 e. The number of hydrogen-bond donors (Lipinski definition) is 3. The van der Waals surface area contributed by atoms with Crippen LogP contribution in [0.5, 0.6) is 5.88 Å². The summed E-state index contributed by atoms with van der Waals surface area (Å²) in [5.41, 5.74) is 0.561. The number of guanidine groups is 1. The highest BCUT2D eigenvalue weighted by Gasteiger charge is 2.15. The number of aliphatic imine (C=N–C) groups is 1. The minimum absolute atomic E-state index is 0. The van der Waals surface area contributed by atoms with E-state index in [4.69, 9.17) is 9.47 Å². The van der Waals surface area contributed by atoms with Gasteiger partial charge in [-0.15, -0.1) is 24.0 Å². The molecule has 0 spiro atoms. The number of carbonyl (C=O) groups excluding carboxylic acids is 1. The first-order valence-electron chi connectivity index (χ1n) is 8.24. The molecule has 1 heterocycles. The third-order valence-electron chi connectivity index (χ3n) is 3.01. The minimum Gasteiger partial charge on any atom is -0.481 e. The van der Waals surface area contributed by atoms with Gasteiger partial charge in [0.15, 0.2) is 5.96 Å². The topological polar surface area (TPSA) is 96.9 Å². The van der Waals surface area contributed by atoms with Crippen LogP contribution < -0.4 is 20.7 Å². The summed E-state index contributed by atoms with van der Waals surface area (Å²) in [6.07, 6.45) is 2.05. The van der Waals surface area contributed by atoms with Gasteiger partial charge in [0.25, 0.3) is 0 Å². The Bertz CT molecular complexity index is 576. The van der Waals surface area contributed by atoms with Gasteiger partial charge in [0.05, 0.1) is 7.11 Å². The van der Waals surface area contributed by atoms with Gasteiger partial charge < -0.3 is 25.4 Å². The third kappa shape index (κ3) is 11.0. The van der Waals surface area contributed by atoms with Gasteiger partial charge in [-0.1, -0.05) is 0 Å². The van der Waals surface area contributed by atoms with E-state index in [0.29, 0.717) is 31.5 Å². The van der Waals surface area contributed by atoms with E-state index in [1.807, 2.05) is 32.9 Å². The third-order valence-corrected chi connectivity index (χ3v) is 3.01. The van der Waals surface area contributed by atoms with Gasteiger partial charge in [0.1, 0.15) is 5.60 Å². The molecule has 0 aliphatic heterocycles. The highest BCUT2D eigenvalue weighted by molar-refractivity contribution is 14.0. The van der Waals surface area contributed by atoms with Gasteiger partial charge in [0, 0.05) is 38.9 Å². The molecule has 26 heavy (non-hydrogen) atoms. The average Bonchev–Trinajstić information content (AvgIpc) is 2.56. The van der Waals surface area contributed by atoms with Crippen molar-refractivity contribution in [2.75, 3.05) is 27.2 Å². The summed E-state index contributed by atoms with van der Waals surface area (Å²) < 4.78 is 10.3. The lowest BCUT2D eigenvalue weighted by atomic mass is 10.2. The van der Waals surface area contributed by atoms with E-state index < -0.39 is 11.7 Å². The lowest BCUT2D eigenvalue weighted by Gasteiger charge is -2.19. The fourth-order valence-corrected chi connectivity index (χ4v) is 1.88. The van der Waals surface area contributed by atoms with Crippen molar-refractivity contribution in [2.24, 2.45) is 4.99 Å². The van der Waals surface area contributed by atoms with Crippen LogP contribution in [0.25, 0.3) is 0 Å². The number of pyridine rings is 1. The molecule has 1 aromatic heterocycles. The molecule has 0 aliphatic carbocycles. The van der Waals surface area contributed by atoms with Crippen LogP contribution in [0.15, 0.2) is 23.3 Å². The van der Waals surface area contributed by atoms with Crippen molar-refractivity contribution in [1.29, 1.82) is 0 Å². The number of alkyl carbamates (subject to hydrolysis) is 1. The normalized spacial score (nSPS) is 11.2. The first-order valence-corrected chi connectivity index (χ1v) is 8.24. The van der Waals surface area contributed by atoms with Crippen molar-refractivity contribution in [3.63, 3.8) is 0 Å². The van der Waals surface area contributed by atoms with Gasteiger partial charge >= 0.3 is 6.09 Å². The average molecular weight is 479 g/mol. The van der Waals surface area contributed by atoms with Crippen molar-refractivity contribution in [2.45, 2.75) is 39.3 Å². The van der Waals surface area contributed by atoms with Crippen molar-refractivity contribution in [1.82, 2.24) is 20.9 Å². The van der Waals surface area contributed by atoms with E-state index in [1.54, 1.807) is 20.4 Å². The molecule has 1 amide bonds. The zero-order valence-electron chi connectivity index (χ0n) is 16.1. The molecule has 8 nitrogen and oxygen atoms in total. The second kappa shape index (κ2) is 12.6. The van der Waals surface area contributed by atoms with Crippen LogP contribution in [-0.2, 0) is 11.3 Å². The molecule has 1 aromatic rings. The van der Waals surface area contributed by atoms with E-state index >= 15 is 0 Å². The number of aromatic nitrogens is 1. The lowest BCUT2D eigenvalue weighted by molar-refractivity contribution is 0.0527. The fraction of sp³-hybridized carbons (Fsp3) is 0.588. The number of methoxy groups -OCH3 is 1. The lowest BCUT2D eigenvalue weighted by Crippen LogP contribution is -2.39. The molecule has 0 unspecified atom stereocenters. The van der Waals surface area contributed by atoms with Crippen molar-refractivity contribution >= 4 is 36.0 Å². The highest BCUT2D eigenvalue weighted by Crippen LogP contribution is 2.08. The summed E-state index contributed by atoms with van der Waals surface area (Å²) in [4.78, 5) is 19.8. The molecule has 0 aromatic carbocycles. The van der Waals surface area contributed by atoms with Crippen molar-refractivity contribution in [3.05, 3.63) is 23.9 Å². The number of nitrogens with zero attached hydrogens (tertiary/aromatic N) is 2. The number of amides is 1. The summed E-state index contributed by atoms with van der Waals surface area (Å²) in [6, 6.07) is 3.78. The first kappa shape index (κ1) is 24.2. The van der Waals surface area contributed by atoms with Gasteiger partial charge in [-0.3, -0.25) is 4.99 Å². The summed E-state index contributed by atoms with van der Waals surface area (Å²) in [6.45, 7) is 7.32. The van der Waals surface area contributed by atoms with E-state index in [2.05, 4.69) is 25.9 Å². The Balaban J connectivity index is 0.00000625. The second-order valence-corrected chi connectivity index (χ2v) is 6.34. The SMILES string of the molecule is CN=C(NCCCNC(=O)OC(C)(C)C)NCc1ccnc(OC)c1.I. The van der Waals surface area contributed by atoms with Gasteiger partial charge in [-0.25, -0.2) is 9.78 Å². The molecular formula is C17H30IN5O3. The summed E-state index contributed by atoms with van der Waals surface area (Å²) in [7, 11) is 3.30. The predicted molar refractivity (Wildman–Crippen MR) is 113 cm³/mol. The molecule has 0 aliphatic rings. The Morgan fingerprint density at radius 2 is 1.92 bits per heavy atom. The first-order chi connectivity index (χ1) is 11.8. The van der Waals surface area contributed by atoms with Crippen LogP contribution in [-0.4, -0.2) is 49.9 Å². The molecule has 0 bridgehead atoms. The zero-order chi connectivity index (χ0) is 18.7. The van der Waals surface area contributed by atoms with Crippen LogP contribution in [0.4, 0.5) is 4.79 Å². The number of hydrogen-bond acceptors (Lipinski definition) is 5. The Hall–Kier alpha value is -1.78. The van der Waals surface area contributed by atoms with Gasteiger partial charge in [-0.05, 0) is 38.8 Å². The zero-order valence-corrected chi connectivity index (χ0v) is 18.4. The number of rotatable bonds is 7. The summed E-state index contributed by atoms with van der Waals surface area (Å²) >= 11 is 0. The number of halogens is 1. The molecule has 0 fully saturated rings. The molecule has 9 heteroatoms. The molecule has 0 radical (unpaired) electrons. The van der Waals surface area contributed by atoms with E-state index in [-0.39, 0.29) is 24.0 Å². The van der Waals surface area contributed by atoms with Gasteiger partial charge in [-0.2, -0.15) is 0 Å². The van der Waals surface area contributed by atoms with Crippen LogP contribution in [0, 0.1) is 0 Å². The van der Waals surface area contributed by atoms with E-state index in [1.165, 1.54) is 0 Å². The second-order valence-electron chi connectivity index (χ2n) is 6.34. The van der Waals surface area contributed by atoms with E-state index in [0.717, 1.165) is 12.0 Å². The Kier molecular flexibility index (Phi) is 11.7.